The number of hydrogen-bond acceptors (Lipinski definition) is 3. The van der Waals surface area contributed by atoms with Crippen LogP contribution in [-0.4, -0.2) is 19.6 Å². The molecular formula is C24H24N4O3. The zero-order chi connectivity index (χ0) is 22.3. The second-order valence-electron chi connectivity index (χ2n) is 7.74. The average Bonchev–Trinajstić information content (AvgIpc) is 3.04. The van der Waals surface area contributed by atoms with Crippen LogP contribution in [0.2, 0.25) is 0 Å². The molecule has 2 heterocycles. The monoisotopic (exact) mass is 416 g/mol. The first-order valence-corrected chi connectivity index (χ1v) is 10.0. The third kappa shape index (κ3) is 3.48. The van der Waals surface area contributed by atoms with Crippen molar-refractivity contribution in [3.05, 3.63) is 92.3 Å². The lowest BCUT2D eigenvalue weighted by Crippen LogP contribution is -2.41. The van der Waals surface area contributed by atoms with Gasteiger partial charge < -0.3 is 9.88 Å². The minimum atomic E-state index is -0.550. The van der Waals surface area contributed by atoms with Gasteiger partial charge in [0.25, 0.3) is 5.56 Å². The highest BCUT2D eigenvalue weighted by Crippen LogP contribution is 2.20. The fourth-order valence-corrected chi connectivity index (χ4v) is 3.88. The second kappa shape index (κ2) is 7.75. The van der Waals surface area contributed by atoms with Crippen molar-refractivity contribution in [2.24, 2.45) is 7.05 Å². The van der Waals surface area contributed by atoms with Crippen molar-refractivity contribution in [3.63, 3.8) is 0 Å². The first-order valence-electron chi connectivity index (χ1n) is 10.0. The first kappa shape index (κ1) is 20.4. The van der Waals surface area contributed by atoms with Gasteiger partial charge in [0.15, 0.2) is 0 Å². The minimum Gasteiger partial charge on any atom is -0.342 e. The molecule has 0 spiro atoms. The van der Waals surface area contributed by atoms with Crippen molar-refractivity contribution >= 4 is 22.6 Å². The van der Waals surface area contributed by atoms with Crippen LogP contribution in [0.4, 0.5) is 5.69 Å². The van der Waals surface area contributed by atoms with Crippen LogP contribution < -0.4 is 16.6 Å². The molecule has 2 aromatic carbocycles. The summed E-state index contributed by atoms with van der Waals surface area (Å²) in [5.74, 6) is -0.333. The predicted octanol–water partition coefficient (Wildman–Crippen LogP) is 3.05. The number of fused-ring (bicyclic) bond motifs is 1. The molecule has 7 nitrogen and oxygen atoms in total. The fraction of sp³-hybridized carbons (Fsp3) is 0.208. The van der Waals surface area contributed by atoms with Gasteiger partial charge in [0.2, 0.25) is 5.91 Å². The van der Waals surface area contributed by atoms with E-state index in [9.17, 15) is 14.4 Å². The number of rotatable bonds is 4. The lowest BCUT2D eigenvalue weighted by molar-refractivity contribution is -0.116. The number of anilines is 1. The molecule has 0 bridgehead atoms. The van der Waals surface area contributed by atoms with Crippen LogP contribution in [0.15, 0.2) is 64.2 Å². The van der Waals surface area contributed by atoms with E-state index in [4.69, 9.17) is 0 Å². The molecule has 0 saturated carbocycles. The summed E-state index contributed by atoms with van der Waals surface area (Å²) in [4.78, 5) is 39.6. The van der Waals surface area contributed by atoms with Crippen molar-refractivity contribution in [2.45, 2.75) is 27.3 Å². The van der Waals surface area contributed by atoms with Gasteiger partial charge in [0, 0.05) is 18.4 Å². The molecule has 0 aliphatic heterocycles. The topological polar surface area (TPSA) is 78.0 Å². The number of nitrogens with one attached hydrogen (secondary N) is 1. The SMILES string of the molecule is Cc1cccc(C)c1NC(=O)Cn1c(=O)n(-c2ccccc2)c(=O)c2c1cc(C)n2C. The van der Waals surface area contributed by atoms with Crippen molar-refractivity contribution in [1.29, 1.82) is 0 Å². The maximum absolute atomic E-state index is 13.4. The molecule has 31 heavy (non-hydrogen) atoms. The fourth-order valence-electron chi connectivity index (χ4n) is 3.88. The molecule has 0 aliphatic carbocycles. The largest absolute Gasteiger partial charge is 0.342 e. The van der Waals surface area contributed by atoms with Crippen molar-refractivity contribution in [2.75, 3.05) is 5.32 Å². The van der Waals surface area contributed by atoms with Crippen LogP contribution in [0.5, 0.6) is 0 Å². The van der Waals surface area contributed by atoms with Gasteiger partial charge in [0.1, 0.15) is 12.1 Å². The Hall–Kier alpha value is -3.87. The summed E-state index contributed by atoms with van der Waals surface area (Å²) in [5, 5.41) is 2.92. The molecule has 0 radical (unpaired) electrons. The smallest absolute Gasteiger partial charge is 0.336 e. The standard InChI is InChI=1S/C24H24N4O3/c1-15-9-8-10-16(2)21(15)25-20(29)14-27-19-13-17(3)26(4)22(19)23(30)28(24(27)31)18-11-6-5-7-12-18/h5-13H,14H2,1-4H3,(H,25,29). The number of aryl methyl sites for hydroxylation is 4. The Bertz CT molecular complexity index is 1410. The lowest BCUT2D eigenvalue weighted by atomic mass is 10.1. The highest BCUT2D eigenvalue weighted by atomic mass is 16.2. The van der Waals surface area contributed by atoms with Crippen LogP contribution in [0, 0.1) is 20.8 Å². The van der Waals surface area contributed by atoms with Gasteiger partial charge in [-0.05, 0) is 50.1 Å². The first-order chi connectivity index (χ1) is 14.8. The van der Waals surface area contributed by atoms with E-state index >= 15 is 0 Å². The number of carbonyl (C=O) groups excluding carboxylic acids is 1. The molecule has 0 saturated heterocycles. The lowest BCUT2D eigenvalue weighted by Gasteiger charge is -2.15. The Morgan fingerprint density at radius 3 is 2.23 bits per heavy atom. The quantitative estimate of drug-likeness (QED) is 0.555. The molecule has 0 fully saturated rings. The summed E-state index contributed by atoms with van der Waals surface area (Å²) in [6.07, 6.45) is 0. The van der Waals surface area contributed by atoms with E-state index in [0.29, 0.717) is 16.7 Å². The summed E-state index contributed by atoms with van der Waals surface area (Å²) < 4.78 is 4.23. The highest BCUT2D eigenvalue weighted by molar-refractivity contribution is 5.93. The van der Waals surface area contributed by atoms with Crippen LogP contribution in [0.25, 0.3) is 16.7 Å². The molecule has 1 N–H and O–H groups in total. The molecule has 0 unspecified atom stereocenters. The zero-order valence-electron chi connectivity index (χ0n) is 18.0. The Morgan fingerprint density at radius 2 is 1.58 bits per heavy atom. The summed E-state index contributed by atoms with van der Waals surface area (Å²) in [6, 6.07) is 16.3. The summed E-state index contributed by atoms with van der Waals surface area (Å²) in [5.41, 5.74) is 3.76. The number of para-hydroxylation sites is 2. The third-order valence-corrected chi connectivity index (χ3v) is 5.63. The molecule has 4 rings (SSSR count). The van der Waals surface area contributed by atoms with Gasteiger partial charge in [-0.25, -0.2) is 9.36 Å². The summed E-state index contributed by atoms with van der Waals surface area (Å²) in [7, 11) is 1.78. The van der Waals surface area contributed by atoms with Gasteiger partial charge in [-0.2, -0.15) is 0 Å². The third-order valence-electron chi connectivity index (χ3n) is 5.63. The van der Waals surface area contributed by atoms with Gasteiger partial charge in [0.05, 0.1) is 11.2 Å². The molecule has 158 valence electrons. The van der Waals surface area contributed by atoms with E-state index in [1.54, 1.807) is 41.9 Å². The van der Waals surface area contributed by atoms with Crippen LogP contribution in [0.3, 0.4) is 0 Å². The molecular weight excluding hydrogens is 392 g/mol. The minimum absolute atomic E-state index is 0.209. The summed E-state index contributed by atoms with van der Waals surface area (Å²) in [6.45, 7) is 5.49. The number of amides is 1. The van der Waals surface area contributed by atoms with E-state index < -0.39 is 11.2 Å². The van der Waals surface area contributed by atoms with Crippen LogP contribution in [0.1, 0.15) is 16.8 Å². The number of aromatic nitrogens is 3. The Kier molecular flexibility index (Phi) is 5.10. The molecule has 7 heteroatoms. The zero-order valence-corrected chi connectivity index (χ0v) is 18.0. The van der Waals surface area contributed by atoms with Gasteiger partial charge in [-0.1, -0.05) is 36.4 Å². The second-order valence-corrected chi connectivity index (χ2v) is 7.74. The molecule has 0 atom stereocenters. The normalized spacial score (nSPS) is 11.1. The molecule has 2 aromatic heterocycles. The van der Waals surface area contributed by atoms with Gasteiger partial charge in [-0.3, -0.25) is 14.2 Å². The number of hydrogen-bond donors (Lipinski definition) is 1. The maximum Gasteiger partial charge on any atom is 0.336 e. The van der Waals surface area contributed by atoms with E-state index in [1.807, 2.05) is 45.0 Å². The van der Waals surface area contributed by atoms with E-state index in [-0.39, 0.29) is 12.5 Å². The van der Waals surface area contributed by atoms with Crippen molar-refractivity contribution in [3.8, 4) is 5.69 Å². The van der Waals surface area contributed by atoms with Gasteiger partial charge >= 0.3 is 5.69 Å². The van der Waals surface area contributed by atoms with E-state index in [0.717, 1.165) is 27.1 Å². The molecule has 1 amide bonds. The molecule has 0 aliphatic rings. The van der Waals surface area contributed by atoms with Crippen molar-refractivity contribution < 1.29 is 4.79 Å². The Balaban J connectivity index is 1.88. The molecule has 4 aromatic rings. The number of benzene rings is 2. The maximum atomic E-state index is 13.4. The predicted molar refractivity (Wildman–Crippen MR) is 122 cm³/mol. The number of carbonyl (C=O) groups is 1. The van der Waals surface area contributed by atoms with Gasteiger partial charge in [-0.15, -0.1) is 0 Å². The Labute approximate surface area is 179 Å². The van der Waals surface area contributed by atoms with Crippen LogP contribution >= 0.6 is 0 Å². The van der Waals surface area contributed by atoms with Crippen LogP contribution in [-0.2, 0) is 18.4 Å². The highest BCUT2D eigenvalue weighted by Gasteiger charge is 2.20. The van der Waals surface area contributed by atoms with E-state index in [2.05, 4.69) is 5.32 Å². The number of nitrogens with zero attached hydrogens (tertiary/aromatic N) is 3. The van der Waals surface area contributed by atoms with Crippen molar-refractivity contribution in [1.82, 2.24) is 13.7 Å². The average molecular weight is 416 g/mol. The summed E-state index contributed by atoms with van der Waals surface area (Å²) >= 11 is 0. The van der Waals surface area contributed by atoms with E-state index in [1.165, 1.54) is 4.57 Å². The Morgan fingerprint density at radius 1 is 0.935 bits per heavy atom.